The number of fused-ring (bicyclic) bond motifs is 3. The second kappa shape index (κ2) is 7.58. The van der Waals surface area contributed by atoms with E-state index in [1.165, 1.54) is 4.88 Å². The lowest BCUT2D eigenvalue weighted by Crippen LogP contribution is -2.42. The summed E-state index contributed by atoms with van der Waals surface area (Å²) in [4.78, 5) is 16.8. The Balaban J connectivity index is 1.66. The van der Waals surface area contributed by atoms with Gasteiger partial charge in [0, 0.05) is 42.5 Å². The molecule has 0 unspecified atom stereocenters. The molecule has 1 aliphatic heterocycles. The third kappa shape index (κ3) is 3.35. The summed E-state index contributed by atoms with van der Waals surface area (Å²) in [5, 5.41) is 5.44. The largest absolute Gasteiger partial charge is 0.379 e. The van der Waals surface area contributed by atoms with E-state index in [0.29, 0.717) is 19.1 Å². The minimum Gasteiger partial charge on any atom is -0.379 e. The summed E-state index contributed by atoms with van der Waals surface area (Å²) in [6.45, 7) is 12.9. The summed E-state index contributed by atoms with van der Waals surface area (Å²) in [6, 6.07) is 2.55. The summed E-state index contributed by atoms with van der Waals surface area (Å²) in [5.74, 6) is 0. The molecule has 7 heteroatoms. The van der Waals surface area contributed by atoms with Crippen LogP contribution >= 0.6 is 11.3 Å². The second-order valence-electron chi connectivity index (χ2n) is 7.19. The molecule has 1 saturated heterocycles. The fraction of sp³-hybridized carbons (Fsp3) is 0.500. The molecule has 27 heavy (non-hydrogen) atoms. The molecule has 0 saturated carbocycles. The quantitative estimate of drug-likeness (QED) is 0.611. The number of morpholine rings is 1. The van der Waals surface area contributed by atoms with Gasteiger partial charge in [-0.2, -0.15) is 5.10 Å². The number of aromatic nitrogens is 3. The van der Waals surface area contributed by atoms with E-state index >= 15 is 0 Å². The SMILES string of the molecule is C=CCn1c2cc(C)sc2c2cnn(CC[C@@H](C)N3CCOCC3)c(=O)c21. The van der Waals surface area contributed by atoms with Gasteiger partial charge >= 0.3 is 0 Å². The Hall–Kier alpha value is -1.96. The second-order valence-corrected chi connectivity index (χ2v) is 8.45. The first-order valence-corrected chi connectivity index (χ1v) is 10.3. The van der Waals surface area contributed by atoms with Crippen LogP contribution in [0.1, 0.15) is 18.2 Å². The molecule has 1 aliphatic rings. The molecule has 0 amide bonds. The summed E-state index contributed by atoms with van der Waals surface area (Å²) < 4.78 is 10.3. The number of rotatable bonds is 6. The number of ether oxygens (including phenoxy) is 1. The van der Waals surface area contributed by atoms with E-state index in [2.05, 4.69) is 41.1 Å². The van der Waals surface area contributed by atoms with Crippen LogP contribution < -0.4 is 5.56 Å². The smallest absolute Gasteiger partial charge is 0.291 e. The van der Waals surface area contributed by atoms with Crippen LogP contribution in [0.4, 0.5) is 0 Å². The Morgan fingerprint density at radius 1 is 1.41 bits per heavy atom. The van der Waals surface area contributed by atoms with E-state index in [0.717, 1.165) is 53.8 Å². The molecule has 4 heterocycles. The van der Waals surface area contributed by atoms with Crippen LogP contribution in [0.3, 0.4) is 0 Å². The minimum atomic E-state index is -0.00965. The van der Waals surface area contributed by atoms with Gasteiger partial charge in [0.2, 0.25) is 0 Å². The Kier molecular flexibility index (Phi) is 5.16. The molecule has 0 aromatic carbocycles. The Bertz CT molecular complexity index is 1030. The molecule has 3 aromatic rings. The van der Waals surface area contributed by atoms with Crippen molar-refractivity contribution in [1.82, 2.24) is 19.2 Å². The third-order valence-electron chi connectivity index (χ3n) is 5.40. The van der Waals surface area contributed by atoms with Gasteiger partial charge in [0.15, 0.2) is 0 Å². The van der Waals surface area contributed by atoms with Gasteiger partial charge in [0.1, 0.15) is 5.52 Å². The van der Waals surface area contributed by atoms with Crippen molar-refractivity contribution >= 4 is 32.5 Å². The van der Waals surface area contributed by atoms with E-state index in [-0.39, 0.29) is 5.56 Å². The zero-order valence-corrected chi connectivity index (χ0v) is 16.8. The van der Waals surface area contributed by atoms with E-state index in [1.54, 1.807) is 16.0 Å². The predicted octanol–water partition coefficient (Wildman–Crippen LogP) is 3.02. The first-order valence-electron chi connectivity index (χ1n) is 9.51. The molecule has 6 nitrogen and oxygen atoms in total. The van der Waals surface area contributed by atoms with Gasteiger partial charge in [-0.1, -0.05) is 6.08 Å². The van der Waals surface area contributed by atoms with Crippen molar-refractivity contribution in [3.05, 3.63) is 40.1 Å². The molecular formula is C20H26N4O2S. The summed E-state index contributed by atoms with van der Waals surface area (Å²) in [7, 11) is 0. The highest BCUT2D eigenvalue weighted by molar-refractivity contribution is 7.20. The average molecular weight is 387 g/mol. The third-order valence-corrected chi connectivity index (χ3v) is 6.47. The molecule has 0 N–H and O–H groups in total. The lowest BCUT2D eigenvalue weighted by Gasteiger charge is -2.32. The van der Waals surface area contributed by atoms with Gasteiger partial charge in [0.05, 0.1) is 29.6 Å². The van der Waals surface area contributed by atoms with Crippen LogP contribution in [-0.4, -0.2) is 51.6 Å². The molecule has 0 bridgehead atoms. The van der Waals surface area contributed by atoms with Crippen molar-refractivity contribution in [3.8, 4) is 0 Å². The van der Waals surface area contributed by atoms with E-state index in [1.807, 2.05) is 12.3 Å². The standard InChI is InChI=1S/C20H26N4O2S/c1-4-6-23-17-12-15(3)27-19(17)16-13-21-24(20(25)18(16)23)7-5-14(2)22-8-10-26-11-9-22/h4,12-14H,1,5-11H2,2-3H3/t14-/m1/s1. The average Bonchev–Trinajstić information content (AvgIpc) is 3.18. The number of nitrogens with zero attached hydrogens (tertiary/aromatic N) is 4. The van der Waals surface area contributed by atoms with Gasteiger partial charge in [-0.25, -0.2) is 4.68 Å². The predicted molar refractivity (Wildman–Crippen MR) is 111 cm³/mol. The molecule has 1 fully saturated rings. The number of aryl methyl sites for hydroxylation is 2. The highest BCUT2D eigenvalue weighted by Crippen LogP contribution is 2.33. The van der Waals surface area contributed by atoms with Crippen molar-refractivity contribution in [3.63, 3.8) is 0 Å². The molecule has 1 atom stereocenters. The summed E-state index contributed by atoms with van der Waals surface area (Å²) in [5.41, 5.74) is 1.83. The number of allylic oxidation sites excluding steroid dienone is 1. The van der Waals surface area contributed by atoms with Crippen LogP contribution in [0.15, 0.2) is 29.7 Å². The first kappa shape index (κ1) is 18.4. The van der Waals surface area contributed by atoms with Crippen molar-refractivity contribution in [2.75, 3.05) is 26.3 Å². The lowest BCUT2D eigenvalue weighted by molar-refractivity contribution is 0.0176. The van der Waals surface area contributed by atoms with Crippen molar-refractivity contribution in [2.24, 2.45) is 0 Å². The molecule has 144 valence electrons. The number of thiophene rings is 1. The van der Waals surface area contributed by atoms with Crippen molar-refractivity contribution in [1.29, 1.82) is 0 Å². The Labute approximate surface area is 162 Å². The normalized spacial score (nSPS) is 17.0. The van der Waals surface area contributed by atoms with E-state index < -0.39 is 0 Å². The van der Waals surface area contributed by atoms with Crippen LogP contribution in [0.5, 0.6) is 0 Å². The van der Waals surface area contributed by atoms with Gasteiger partial charge in [-0.3, -0.25) is 9.69 Å². The summed E-state index contributed by atoms with van der Waals surface area (Å²) >= 11 is 1.72. The summed E-state index contributed by atoms with van der Waals surface area (Å²) in [6.07, 6.45) is 4.60. The topological polar surface area (TPSA) is 52.3 Å². The number of hydrogen-bond donors (Lipinski definition) is 0. The molecule has 4 rings (SSSR count). The van der Waals surface area contributed by atoms with Crippen LogP contribution in [0, 0.1) is 6.92 Å². The van der Waals surface area contributed by atoms with Crippen molar-refractivity contribution < 1.29 is 4.74 Å². The minimum absolute atomic E-state index is 0.00965. The fourth-order valence-corrected chi connectivity index (χ4v) is 4.93. The highest BCUT2D eigenvalue weighted by Gasteiger charge is 2.19. The van der Waals surface area contributed by atoms with Gasteiger partial charge in [0.25, 0.3) is 5.56 Å². The van der Waals surface area contributed by atoms with E-state index in [9.17, 15) is 4.79 Å². The fourth-order valence-electron chi connectivity index (χ4n) is 3.91. The molecule has 0 spiro atoms. The maximum atomic E-state index is 13.2. The number of hydrogen-bond acceptors (Lipinski definition) is 5. The van der Waals surface area contributed by atoms with Crippen LogP contribution in [-0.2, 0) is 17.8 Å². The highest BCUT2D eigenvalue weighted by atomic mass is 32.1. The molecule has 0 aliphatic carbocycles. The monoisotopic (exact) mass is 386 g/mol. The first-order chi connectivity index (χ1) is 13.1. The van der Waals surface area contributed by atoms with Gasteiger partial charge in [-0.05, 0) is 26.3 Å². The Morgan fingerprint density at radius 2 is 2.19 bits per heavy atom. The molecule has 3 aromatic heterocycles. The zero-order valence-electron chi connectivity index (χ0n) is 16.0. The van der Waals surface area contributed by atoms with Crippen LogP contribution in [0.2, 0.25) is 0 Å². The zero-order chi connectivity index (χ0) is 19.0. The maximum absolute atomic E-state index is 13.2. The van der Waals surface area contributed by atoms with Crippen molar-refractivity contribution in [2.45, 2.75) is 39.4 Å². The molecule has 0 radical (unpaired) electrons. The van der Waals surface area contributed by atoms with Gasteiger partial charge in [-0.15, -0.1) is 17.9 Å². The van der Waals surface area contributed by atoms with Crippen LogP contribution in [0.25, 0.3) is 21.1 Å². The Morgan fingerprint density at radius 3 is 2.93 bits per heavy atom. The van der Waals surface area contributed by atoms with Gasteiger partial charge < -0.3 is 9.30 Å². The lowest BCUT2D eigenvalue weighted by atomic mass is 10.2. The molecular weight excluding hydrogens is 360 g/mol. The maximum Gasteiger partial charge on any atom is 0.291 e. The van der Waals surface area contributed by atoms with E-state index in [4.69, 9.17) is 4.74 Å².